The van der Waals surface area contributed by atoms with Gasteiger partial charge < -0.3 is 24.6 Å². The largest absolute Gasteiger partial charge is 0.497 e. The number of aliphatic hydroxyl groups excluding tert-OH is 1. The molecular weight excluding hydrogens is 368 g/mol. The van der Waals surface area contributed by atoms with Crippen LogP contribution in [0.15, 0.2) is 18.2 Å². The summed E-state index contributed by atoms with van der Waals surface area (Å²) in [4.78, 5) is 2.27. The van der Waals surface area contributed by atoms with Crippen LogP contribution in [0.4, 0.5) is 0 Å². The van der Waals surface area contributed by atoms with E-state index in [0.717, 1.165) is 38.2 Å². The highest BCUT2D eigenvalue weighted by atomic mass is 16.5. The molecule has 2 heterocycles. The van der Waals surface area contributed by atoms with Gasteiger partial charge in [0.05, 0.1) is 19.3 Å². The lowest BCUT2D eigenvalue weighted by molar-refractivity contribution is -0.104. The maximum Gasteiger partial charge on any atom is 0.124 e. The molecule has 3 rings (SSSR count). The van der Waals surface area contributed by atoms with E-state index in [9.17, 15) is 5.11 Å². The van der Waals surface area contributed by atoms with E-state index in [1.807, 2.05) is 18.2 Å². The number of morpholine rings is 1. The molecule has 2 saturated heterocycles. The molecule has 1 spiro atoms. The predicted octanol–water partition coefficient (Wildman–Crippen LogP) is 1.90. The van der Waals surface area contributed by atoms with Gasteiger partial charge in [-0.3, -0.25) is 4.90 Å². The van der Waals surface area contributed by atoms with Crippen LogP contribution in [0.3, 0.4) is 0 Å². The molecule has 0 bridgehead atoms. The second kappa shape index (κ2) is 9.36. The Labute approximate surface area is 174 Å². The van der Waals surface area contributed by atoms with Gasteiger partial charge in [-0.05, 0) is 45.9 Å². The van der Waals surface area contributed by atoms with E-state index in [1.54, 1.807) is 7.11 Å². The molecule has 0 aromatic heterocycles. The van der Waals surface area contributed by atoms with Crippen LogP contribution < -0.4 is 14.8 Å². The predicted molar refractivity (Wildman–Crippen MR) is 113 cm³/mol. The Bertz CT molecular complexity index is 741. The monoisotopic (exact) mass is 402 g/mol. The smallest absolute Gasteiger partial charge is 0.124 e. The van der Waals surface area contributed by atoms with Crippen molar-refractivity contribution in [1.82, 2.24) is 10.2 Å². The summed E-state index contributed by atoms with van der Waals surface area (Å²) < 4.78 is 17.3. The highest BCUT2D eigenvalue weighted by Crippen LogP contribution is 2.25. The fourth-order valence-electron chi connectivity index (χ4n) is 3.71. The van der Waals surface area contributed by atoms with Crippen LogP contribution in [0.5, 0.6) is 11.5 Å². The van der Waals surface area contributed by atoms with E-state index in [4.69, 9.17) is 14.2 Å². The van der Waals surface area contributed by atoms with Crippen molar-refractivity contribution < 1.29 is 19.3 Å². The lowest BCUT2D eigenvalue weighted by Gasteiger charge is -2.40. The summed E-state index contributed by atoms with van der Waals surface area (Å²) in [5, 5.41) is 13.9. The summed E-state index contributed by atoms with van der Waals surface area (Å²) in [6.07, 6.45) is 0.452. The number of nitrogens with one attached hydrogen (secondary N) is 1. The molecule has 2 N–H and O–H groups in total. The Kier molecular flexibility index (Phi) is 7.07. The van der Waals surface area contributed by atoms with E-state index >= 15 is 0 Å². The number of nitrogens with zero attached hydrogens (tertiary/aromatic N) is 1. The van der Waals surface area contributed by atoms with Crippen LogP contribution in [0.1, 0.15) is 32.8 Å². The lowest BCUT2D eigenvalue weighted by atomic mass is 9.97. The number of benzene rings is 1. The molecule has 1 aromatic carbocycles. The molecule has 29 heavy (non-hydrogen) atoms. The van der Waals surface area contributed by atoms with Gasteiger partial charge in [0.2, 0.25) is 0 Å². The first-order valence-corrected chi connectivity index (χ1v) is 10.4. The summed E-state index contributed by atoms with van der Waals surface area (Å²) in [7, 11) is 1.63. The summed E-state index contributed by atoms with van der Waals surface area (Å²) >= 11 is 0. The molecule has 2 atom stereocenters. The normalized spacial score (nSPS) is 23.5. The van der Waals surface area contributed by atoms with Gasteiger partial charge in [0.15, 0.2) is 0 Å². The van der Waals surface area contributed by atoms with Crippen molar-refractivity contribution in [2.24, 2.45) is 5.41 Å². The summed E-state index contributed by atoms with van der Waals surface area (Å²) in [5.74, 6) is 7.75. The lowest BCUT2D eigenvalue weighted by Crippen LogP contribution is -2.54. The van der Waals surface area contributed by atoms with Crippen LogP contribution >= 0.6 is 0 Å². The quantitative estimate of drug-likeness (QED) is 0.709. The average molecular weight is 403 g/mol. The minimum absolute atomic E-state index is 0.0787. The van der Waals surface area contributed by atoms with Gasteiger partial charge >= 0.3 is 0 Å². The molecule has 0 aliphatic carbocycles. The van der Waals surface area contributed by atoms with Gasteiger partial charge in [-0.1, -0.05) is 11.8 Å². The van der Waals surface area contributed by atoms with Gasteiger partial charge in [-0.15, -0.1) is 0 Å². The highest BCUT2D eigenvalue weighted by molar-refractivity contribution is 5.46. The Balaban J connectivity index is 1.56. The minimum atomic E-state index is -0.574. The molecule has 2 aliphatic heterocycles. The van der Waals surface area contributed by atoms with E-state index in [2.05, 4.69) is 42.8 Å². The van der Waals surface area contributed by atoms with Crippen molar-refractivity contribution in [3.8, 4) is 23.3 Å². The van der Waals surface area contributed by atoms with Crippen LogP contribution in [0.25, 0.3) is 0 Å². The molecule has 2 unspecified atom stereocenters. The molecule has 6 nitrogen and oxygen atoms in total. The SMILES string of the molecule is COc1cc(C#CC(C)(C)C)cc(OCC(O)CN2CCOC3(CCNC3)C2)c1. The minimum Gasteiger partial charge on any atom is -0.497 e. The Morgan fingerprint density at radius 3 is 2.79 bits per heavy atom. The summed E-state index contributed by atoms with van der Waals surface area (Å²) in [5.41, 5.74) is 0.671. The number of β-amino-alcohol motifs (C(OH)–C–C–N with tert-alkyl or cyclic N) is 1. The van der Waals surface area contributed by atoms with E-state index in [1.165, 1.54) is 0 Å². The maximum absolute atomic E-state index is 10.5. The Morgan fingerprint density at radius 1 is 1.31 bits per heavy atom. The number of hydrogen-bond donors (Lipinski definition) is 2. The number of hydrogen-bond acceptors (Lipinski definition) is 6. The average Bonchev–Trinajstić information content (AvgIpc) is 3.11. The van der Waals surface area contributed by atoms with Gasteiger partial charge in [0.25, 0.3) is 0 Å². The van der Waals surface area contributed by atoms with Gasteiger partial charge in [0.1, 0.15) is 24.2 Å². The zero-order valence-corrected chi connectivity index (χ0v) is 18.1. The molecule has 160 valence electrons. The first-order chi connectivity index (χ1) is 13.8. The fourth-order valence-corrected chi connectivity index (χ4v) is 3.71. The highest BCUT2D eigenvalue weighted by Gasteiger charge is 2.39. The molecule has 0 amide bonds. The first kappa shape index (κ1) is 21.9. The zero-order chi connectivity index (χ0) is 20.9. The summed E-state index contributed by atoms with van der Waals surface area (Å²) in [6.45, 7) is 11.3. The van der Waals surface area contributed by atoms with E-state index in [0.29, 0.717) is 24.7 Å². The molecule has 1 aromatic rings. The van der Waals surface area contributed by atoms with E-state index < -0.39 is 6.10 Å². The molecule has 2 aliphatic rings. The number of rotatable bonds is 6. The van der Waals surface area contributed by atoms with Crippen molar-refractivity contribution >= 4 is 0 Å². The molecule has 0 saturated carbocycles. The Hall–Kier alpha value is -1.78. The number of ether oxygens (including phenoxy) is 3. The van der Waals surface area contributed by atoms with Crippen LogP contribution in [-0.2, 0) is 4.74 Å². The Morgan fingerprint density at radius 2 is 2.10 bits per heavy atom. The van der Waals surface area contributed by atoms with Crippen LogP contribution in [-0.4, -0.2) is 74.8 Å². The molecule has 6 heteroatoms. The van der Waals surface area contributed by atoms with Crippen molar-refractivity contribution in [3.63, 3.8) is 0 Å². The second-order valence-electron chi connectivity index (χ2n) is 9.06. The third-order valence-electron chi connectivity index (χ3n) is 5.14. The standard InChI is InChI=1S/C23H34N2O4/c1-22(2,3)6-5-18-11-20(27-4)13-21(12-18)28-15-19(26)14-25-9-10-29-23(17-25)7-8-24-16-23/h11-13,19,24,26H,7-10,14-17H2,1-4H3. The zero-order valence-electron chi connectivity index (χ0n) is 18.1. The third-order valence-corrected chi connectivity index (χ3v) is 5.14. The van der Waals surface area contributed by atoms with Crippen LogP contribution in [0.2, 0.25) is 0 Å². The molecular formula is C23H34N2O4. The third kappa shape index (κ3) is 6.61. The fraction of sp³-hybridized carbons (Fsp3) is 0.652. The van der Waals surface area contributed by atoms with Crippen molar-refractivity contribution in [2.45, 2.75) is 38.9 Å². The maximum atomic E-state index is 10.5. The van der Waals surface area contributed by atoms with E-state index in [-0.39, 0.29) is 17.6 Å². The number of aliphatic hydroxyl groups is 1. The van der Waals surface area contributed by atoms with Crippen LogP contribution in [0, 0.1) is 17.3 Å². The van der Waals surface area contributed by atoms with Gasteiger partial charge in [-0.2, -0.15) is 0 Å². The number of methoxy groups -OCH3 is 1. The van der Waals surface area contributed by atoms with Crippen molar-refractivity contribution in [3.05, 3.63) is 23.8 Å². The topological polar surface area (TPSA) is 63.2 Å². The molecule has 0 radical (unpaired) electrons. The first-order valence-electron chi connectivity index (χ1n) is 10.4. The van der Waals surface area contributed by atoms with Crippen molar-refractivity contribution in [1.29, 1.82) is 0 Å². The van der Waals surface area contributed by atoms with Crippen molar-refractivity contribution in [2.75, 3.05) is 53.0 Å². The second-order valence-corrected chi connectivity index (χ2v) is 9.06. The van der Waals surface area contributed by atoms with Gasteiger partial charge in [-0.25, -0.2) is 0 Å². The molecule has 2 fully saturated rings. The summed E-state index contributed by atoms with van der Waals surface area (Å²) in [6, 6.07) is 5.61. The van der Waals surface area contributed by atoms with Gasteiger partial charge in [0, 0.05) is 43.2 Å².